The van der Waals surface area contributed by atoms with E-state index in [1.807, 2.05) is 12.1 Å². The molecular weight excluding hydrogens is 566 g/mol. The highest BCUT2D eigenvalue weighted by Crippen LogP contribution is 2.30. The fourth-order valence-electron chi connectivity index (χ4n) is 5.31. The smallest absolute Gasteiger partial charge is 0.367 e. The van der Waals surface area contributed by atoms with Crippen molar-refractivity contribution in [1.82, 2.24) is 34.7 Å². The van der Waals surface area contributed by atoms with Crippen LogP contribution in [0.5, 0.6) is 0 Å². The molecule has 14 heteroatoms. The normalized spacial score (nSPS) is 16.3. The van der Waals surface area contributed by atoms with Crippen LogP contribution in [0.3, 0.4) is 0 Å². The van der Waals surface area contributed by atoms with Crippen molar-refractivity contribution in [2.75, 3.05) is 43.4 Å². The Morgan fingerprint density at radius 3 is 2.60 bits per heavy atom. The largest absolute Gasteiger partial charge is 0.397 e. The van der Waals surface area contributed by atoms with E-state index < -0.39 is 24.3 Å². The number of alkyl halides is 3. The molecule has 1 aliphatic carbocycles. The van der Waals surface area contributed by atoms with E-state index in [0.717, 1.165) is 18.4 Å². The van der Waals surface area contributed by atoms with Gasteiger partial charge in [-0.25, -0.2) is 24.3 Å². The second-order valence-corrected chi connectivity index (χ2v) is 11.0. The van der Waals surface area contributed by atoms with Crippen molar-refractivity contribution >= 4 is 34.5 Å². The number of imidazole rings is 1. The number of benzene rings is 1. The standard InChI is InChI=1S/C29H31F4N9O/c30-25-26(36-17-37-27(25)35-15-18-2-1-3-18)20-4-5-21-22(13-20)39-28(38-21)40-23-12-19(6-7-34-23)16-41-8-10-42(11-9-41)24(43)14-29(31,32)33/h4-7,12-13,17-18H,1-3,8-11,14-16H2,(H,35,36,37)(H2,34,38,39,40). The third-order valence-electron chi connectivity index (χ3n) is 7.88. The van der Waals surface area contributed by atoms with E-state index >= 15 is 4.39 Å². The van der Waals surface area contributed by atoms with E-state index in [2.05, 4.69) is 40.5 Å². The molecule has 3 N–H and O–H groups in total. The minimum absolute atomic E-state index is 0.201. The first-order valence-electron chi connectivity index (χ1n) is 14.2. The first-order chi connectivity index (χ1) is 20.7. The summed E-state index contributed by atoms with van der Waals surface area (Å²) >= 11 is 0. The SMILES string of the molecule is O=C(CC(F)(F)F)N1CCN(Cc2ccnc(Nc3nc4ccc(-c5ncnc(NCC6CCC6)c5F)cc4[nH]3)c2)CC1. The third-order valence-corrected chi connectivity index (χ3v) is 7.88. The van der Waals surface area contributed by atoms with Gasteiger partial charge in [-0.05, 0) is 48.6 Å². The summed E-state index contributed by atoms with van der Waals surface area (Å²) in [4.78, 5) is 35.6. The molecule has 0 unspecified atom stereocenters. The second-order valence-electron chi connectivity index (χ2n) is 11.0. The molecule has 226 valence electrons. The lowest BCUT2D eigenvalue weighted by Crippen LogP contribution is -2.49. The molecule has 1 saturated heterocycles. The van der Waals surface area contributed by atoms with Crippen LogP contribution in [-0.4, -0.2) is 79.5 Å². The van der Waals surface area contributed by atoms with Crippen LogP contribution in [0.2, 0.25) is 0 Å². The number of pyridine rings is 1. The van der Waals surface area contributed by atoms with E-state index in [1.165, 1.54) is 17.6 Å². The van der Waals surface area contributed by atoms with Crippen molar-refractivity contribution < 1.29 is 22.4 Å². The molecule has 0 spiro atoms. The predicted octanol–water partition coefficient (Wildman–Crippen LogP) is 5.11. The fourth-order valence-corrected chi connectivity index (χ4v) is 5.31. The van der Waals surface area contributed by atoms with E-state index in [-0.39, 0.29) is 24.6 Å². The number of nitrogens with zero attached hydrogens (tertiary/aromatic N) is 6. The maximum atomic E-state index is 15.2. The minimum Gasteiger partial charge on any atom is -0.367 e. The molecule has 4 heterocycles. The Hall–Kier alpha value is -4.33. The van der Waals surface area contributed by atoms with E-state index in [9.17, 15) is 18.0 Å². The molecule has 2 fully saturated rings. The monoisotopic (exact) mass is 597 g/mol. The summed E-state index contributed by atoms with van der Waals surface area (Å²) in [6, 6.07) is 9.08. The maximum absolute atomic E-state index is 15.2. The number of carbonyl (C=O) groups is 1. The highest BCUT2D eigenvalue weighted by atomic mass is 19.4. The molecule has 1 aromatic carbocycles. The first kappa shape index (κ1) is 28.8. The number of anilines is 3. The van der Waals surface area contributed by atoms with E-state index in [0.29, 0.717) is 60.5 Å². The molecule has 1 aliphatic heterocycles. The Morgan fingerprint density at radius 2 is 1.86 bits per heavy atom. The average Bonchev–Trinajstić information content (AvgIpc) is 3.34. The molecular formula is C29H31F4N9O. The number of aromatic nitrogens is 5. The number of fused-ring (bicyclic) bond motifs is 1. The summed E-state index contributed by atoms with van der Waals surface area (Å²) < 4.78 is 52.9. The van der Waals surface area contributed by atoms with Crippen LogP contribution in [0, 0.1) is 11.7 Å². The Balaban J connectivity index is 1.08. The van der Waals surface area contributed by atoms with Gasteiger partial charge < -0.3 is 20.5 Å². The Bertz CT molecular complexity index is 1600. The van der Waals surface area contributed by atoms with Gasteiger partial charge in [-0.1, -0.05) is 12.5 Å². The summed E-state index contributed by atoms with van der Waals surface area (Å²) in [5.74, 6) is 0.395. The third kappa shape index (κ3) is 7.01. The number of aromatic amines is 1. The number of piperazine rings is 1. The zero-order chi connectivity index (χ0) is 30.0. The molecule has 0 atom stereocenters. The van der Waals surface area contributed by atoms with Crippen LogP contribution in [0.4, 0.5) is 35.1 Å². The zero-order valence-electron chi connectivity index (χ0n) is 23.3. The lowest BCUT2D eigenvalue weighted by molar-refractivity contribution is -0.162. The molecule has 0 radical (unpaired) electrons. The average molecular weight is 598 g/mol. The molecule has 1 saturated carbocycles. The van der Waals surface area contributed by atoms with Crippen molar-refractivity contribution in [3.8, 4) is 11.3 Å². The maximum Gasteiger partial charge on any atom is 0.397 e. The summed E-state index contributed by atoms with van der Waals surface area (Å²) in [7, 11) is 0. The van der Waals surface area contributed by atoms with Crippen molar-refractivity contribution in [3.05, 3.63) is 54.2 Å². The number of nitrogens with one attached hydrogen (secondary N) is 3. The summed E-state index contributed by atoms with van der Waals surface area (Å²) in [6.45, 7) is 2.72. The number of rotatable bonds is 9. The second kappa shape index (κ2) is 12.1. The topological polar surface area (TPSA) is 115 Å². The van der Waals surface area contributed by atoms with E-state index in [1.54, 1.807) is 24.4 Å². The van der Waals surface area contributed by atoms with Gasteiger partial charge in [-0.15, -0.1) is 0 Å². The lowest BCUT2D eigenvalue weighted by atomic mass is 9.85. The molecule has 43 heavy (non-hydrogen) atoms. The van der Waals surface area contributed by atoms with Crippen LogP contribution in [0.15, 0.2) is 42.9 Å². The van der Waals surface area contributed by atoms with Gasteiger partial charge >= 0.3 is 6.18 Å². The van der Waals surface area contributed by atoms with E-state index in [4.69, 9.17) is 0 Å². The summed E-state index contributed by atoms with van der Waals surface area (Å²) in [5, 5.41) is 6.29. The summed E-state index contributed by atoms with van der Waals surface area (Å²) in [5.41, 5.74) is 3.12. The van der Waals surface area contributed by atoms with Crippen molar-refractivity contribution in [2.24, 2.45) is 5.92 Å². The molecule has 10 nitrogen and oxygen atoms in total. The number of halogens is 4. The number of hydrogen-bond donors (Lipinski definition) is 3. The Morgan fingerprint density at radius 1 is 1.05 bits per heavy atom. The molecule has 3 aromatic heterocycles. The molecule has 1 amide bonds. The first-order valence-corrected chi connectivity index (χ1v) is 14.2. The molecule has 0 bridgehead atoms. The minimum atomic E-state index is -4.50. The summed E-state index contributed by atoms with van der Waals surface area (Å²) in [6.07, 6.45) is 0.613. The number of carbonyl (C=O) groups excluding carboxylic acids is 1. The quantitative estimate of drug-likeness (QED) is 0.228. The van der Waals surface area contributed by atoms with Gasteiger partial charge in [0.15, 0.2) is 11.6 Å². The zero-order valence-corrected chi connectivity index (χ0v) is 23.3. The highest BCUT2D eigenvalue weighted by molar-refractivity contribution is 5.83. The van der Waals surface area contributed by atoms with Crippen molar-refractivity contribution in [3.63, 3.8) is 0 Å². The number of hydrogen-bond acceptors (Lipinski definition) is 8. The van der Waals surface area contributed by atoms with Crippen LogP contribution in [-0.2, 0) is 11.3 Å². The van der Waals surface area contributed by atoms with Gasteiger partial charge in [-0.3, -0.25) is 9.69 Å². The van der Waals surface area contributed by atoms with Gasteiger partial charge in [0.2, 0.25) is 11.9 Å². The van der Waals surface area contributed by atoms with Gasteiger partial charge in [-0.2, -0.15) is 13.2 Å². The molecule has 2 aliphatic rings. The van der Waals surface area contributed by atoms with Crippen LogP contribution < -0.4 is 10.6 Å². The van der Waals surface area contributed by atoms with Gasteiger partial charge in [0.25, 0.3) is 0 Å². The van der Waals surface area contributed by atoms with Crippen molar-refractivity contribution in [2.45, 2.75) is 38.4 Å². The molecule has 6 rings (SSSR count). The number of amides is 1. The van der Waals surface area contributed by atoms with Crippen molar-refractivity contribution in [1.29, 1.82) is 0 Å². The lowest BCUT2D eigenvalue weighted by Gasteiger charge is -2.35. The highest BCUT2D eigenvalue weighted by Gasteiger charge is 2.34. The van der Waals surface area contributed by atoms with Gasteiger partial charge in [0.05, 0.1) is 11.0 Å². The van der Waals surface area contributed by atoms with Crippen LogP contribution in [0.25, 0.3) is 22.3 Å². The molecule has 4 aromatic rings. The van der Waals surface area contributed by atoms with Gasteiger partial charge in [0, 0.05) is 51.0 Å². The Kier molecular flexibility index (Phi) is 8.10. The predicted molar refractivity (Wildman–Crippen MR) is 153 cm³/mol. The number of H-pyrrole nitrogens is 1. The van der Waals surface area contributed by atoms with Crippen LogP contribution >= 0.6 is 0 Å². The fraction of sp³-hybridized carbons (Fsp3) is 0.414. The Labute approximate surface area is 244 Å². The van der Waals surface area contributed by atoms with Crippen LogP contribution in [0.1, 0.15) is 31.2 Å². The van der Waals surface area contributed by atoms with Gasteiger partial charge in [0.1, 0.15) is 24.3 Å².